The van der Waals surface area contributed by atoms with Crippen LogP contribution >= 0.6 is 0 Å². The van der Waals surface area contributed by atoms with Crippen molar-refractivity contribution in [3.63, 3.8) is 0 Å². The third kappa shape index (κ3) is 6.46. The molecule has 0 aliphatic carbocycles. The number of halogens is 3. The van der Waals surface area contributed by atoms with Crippen LogP contribution in [0, 0.1) is 0 Å². The van der Waals surface area contributed by atoms with Gasteiger partial charge in [0, 0.05) is 25.5 Å². The molecule has 2 amide bonds. The van der Waals surface area contributed by atoms with E-state index in [2.05, 4.69) is 25.9 Å². The molecule has 0 saturated heterocycles. The van der Waals surface area contributed by atoms with E-state index in [0.29, 0.717) is 12.2 Å². The van der Waals surface area contributed by atoms with Gasteiger partial charge in [-0.05, 0) is 30.7 Å². The van der Waals surface area contributed by atoms with Crippen LogP contribution < -0.4 is 20.9 Å². The highest BCUT2D eigenvalue weighted by atomic mass is 19.4. The van der Waals surface area contributed by atoms with E-state index in [4.69, 9.17) is 0 Å². The molecule has 0 atom stereocenters. The van der Waals surface area contributed by atoms with Crippen LogP contribution in [0.5, 0.6) is 5.75 Å². The molecule has 0 radical (unpaired) electrons. The number of ether oxygens (including phenoxy) is 1. The van der Waals surface area contributed by atoms with Crippen molar-refractivity contribution >= 4 is 11.7 Å². The fourth-order valence-electron chi connectivity index (χ4n) is 1.80. The summed E-state index contributed by atoms with van der Waals surface area (Å²) >= 11 is 0. The number of hydrogen-bond donors (Lipinski definition) is 3. The Labute approximate surface area is 135 Å². The zero-order valence-corrected chi connectivity index (χ0v) is 12.5. The van der Waals surface area contributed by atoms with Gasteiger partial charge in [-0.3, -0.25) is 10.9 Å². The van der Waals surface area contributed by atoms with E-state index in [1.54, 1.807) is 12.5 Å². The number of rotatable bonds is 7. The molecular weight excluding hydrogens is 327 g/mol. The summed E-state index contributed by atoms with van der Waals surface area (Å²) in [5.74, 6) is -0.336. The van der Waals surface area contributed by atoms with Gasteiger partial charge in [0.1, 0.15) is 5.75 Å². The van der Waals surface area contributed by atoms with Gasteiger partial charge < -0.3 is 14.6 Å². The summed E-state index contributed by atoms with van der Waals surface area (Å²) in [6.07, 6.45) is 1.19. The van der Waals surface area contributed by atoms with Crippen molar-refractivity contribution in [3.8, 4) is 5.75 Å². The Morgan fingerprint density at radius 3 is 2.62 bits per heavy atom. The first-order chi connectivity index (χ1) is 11.4. The number of carbonyl (C=O) groups is 1. The number of anilines is 1. The molecule has 0 bridgehead atoms. The monoisotopic (exact) mass is 343 g/mol. The Kier molecular flexibility index (Phi) is 5.88. The van der Waals surface area contributed by atoms with Crippen molar-refractivity contribution in [2.24, 2.45) is 0 Å². The SMILES string of the molecule is O=C(NCCCn1ccnc1)NNc1ccc(OC(F)(F)F)cc1. The Hall–Kier alpha value is -2.91. The van der Waals surface area contributed by atoms with Gasteiger partial charge in [0.25, 0.3) is 0 Å². The van der Waals surface area contributed by atoms with Crippen LogP contribution in [0.3, 0.4) is 0 Å². The Bertz CT molecular complexity index is 629. The van der Waals surface area contributed by atoms with Crippen molar-refractivity contribution in [2.75, 3.05) is 12.0 Å². The fourth-order valence-corrected chi connectivity index (χ4v) is 1.80. The van der Waals surface area contributed by atoms with Gasteiger partial charge in [0.05, 0.1) is 12.0 Å². The molecule has 1 aromatic carbocycles. The van der Waals surface area contributed by atoms with Gasteiger partial charge in [-0.25, -0.2) is 9.78 Å². The van der Waals surface area contributed by atoms with Crippen LogP contribution in [0.25, 0.3) is 0 Å². The number of carbonyl (C=O) groups excluding carboxylic acids is 1. The van der Waals surface area contributed by atoms with Gasteiger partial charge in [-0.2, -0.15) is 0 Å². The molecule has 1 aromatic heterocycles. The molecule has 0 saturated carbocycles. The summed E-state index contributed by atoms with van der Waals surface area (Å²) in [6.45, 7) is 1.19. The second-order valence-electron chi connectivity index (χ2n) is 4.73. The molecule has 2 aromatic rings. The van der Waals surface area contributed by atoms with Gasteiger partial charge in [-0.15, -0.1) is 13.2 Å². The average molecular weight is 343 g/mol. The zero-order chi connectivity index (χ0) is 17.4. The van der Waals surface area contributed by atoms with E-state index in [-0.39, 0.29) is 5.75 Å². The average Bonchev–Trinajstić information content (AvgIpc) is 3.03. The number of amides is 2. The normalized spacial score (nSPS) is 11.0. The second-order valence-corrected chi connectivity index (χ2v) is 4.73. The van der Waals surface area contributed by atoms with Gasteiger partial charge >= 0.3 is 12.4 Å². The first kappa shape index (κ1) is 17.4. The van der Waals surface area contributed by atoms with Crippen LogP contribution in [0.4, 0.5) is 23.7 Å². The van der Waals surface area contributed by atoms with Crippen LogP contribution in [0.15, 0.2) is 43.0 Å². The lowest BCUT2D eigenvalue weighted by molar-refractivity contribution is -0.274. The lowest BCUT2D eigenvalue weighted by Gasteiger charge is -2.12. The third-order valence-corrected chi connectivity index (χ3v) is 2.85. The highest BCUT2D eigenvalue weighted by molar-refractivity contribution is 5.75. The van der Waals surface area contributed by atoms with E-state index in [9.17, 15) is 18.0 Å². The summed E-state index contributed by atoms with van der Waals surface area (Å²) in [5, 5.41) is 2.64. The Morgan fingerprint density at radius 1 is 1.25 bits per heavy atom. The fraction of sp³-hybridized carbons (Fsp3) is 0.286. The van der Waals surface area contributed by atoms with Crippen molar-refractivity contribution in [1.82, 2.24) is 20.3 Å². The van der Waals surface area contributed by atoms with E-state index >= 15 is 0 Å². The molecule has 3 N–H and O–H groups in total. The van der Waals surface area contributed by atoms with Gasteiger partial charge in [0.2, 0.25) is 0 Å². The molecule has 0 unspecified atom stereocenters. The van der Waals surface area contributed by atoms with E-state index in [1.807, 2.05) is 10.8 Å². The number of aromatic nitrogens is 2. The molecule has 130 valence electrons. The smallest absolute Gasteiger partial charge is 0.406 e. The molecular formula is C14H16F3N5O2. The molecule has 10 heteroatoms. The number of hydrazine groups is 1. The Morgan fingerprint density at radius 2 is 2.00 bits per heavy atom. The third-order valence-electron chi connectivity index (χ3n) is 2.85. The van der Waals surface area contributed by atoms with Crippen LogP contribution in [-0.2, 0) is 6.54 Å². The lowest BCUT2D eigenvalue weighted by atomic mass is 10.3. The first-order valence-electron chi connectivity index (χ1n) is 7.04. The van der Waals surface area contributed by atoms with Gasteiger partial charge in [0.15, 0.2) is 0 Å². The van der Waals surface area contributed by atoms with E-state index in [0.717, 1.165) is 25.1 Å². The van der Waals surface area contributed by atoms with Crippen LogP contribution in [-0.4, -0.2) is 28.5 Å². The standard InChI is InChI=1S/C14H16F3N5O2/c15-14(16,17)24-12-4-2-11(3-5-12)20-21-13(23)19-6-1-8-22-9-7-18-10-22/h2-5,7,9-10,20H,1,6,8H2,(H2,19,21,23). The van der Waals surface area contributed by atoms with E-state index < -0.39 is 12.4 Å². The molecule has 1 heterocycles. The van der Waals surface area contributed by atoms with Crippen molar-refractivity contribution in [1.29, 1.82) is 0 Å². The minimum atomic E-state index is -4.73. The lowest BCUT2D eigenvalue weighted by Crippen LogP contribution is -2.39. The highest BCUT2D eigenvalue weighted by Gasteiger charge is 2.30. The second kappa shape index (κ2) is 8.09. The number of hydrogen-bond acceptors (Lipinski definition) is 4. The number of nitrogens with zero attached hydrogens (tertiary/aromatic N) is 2. The minimum Gasteiger partial charge on any atom is -0.406 e. The molecule has 24 heavy (non-hydrogen) atoms. The summed E-state index contributed by atoms with van der Waals surface area (Å²) in [7, 11) is 0. The summed E-state index contributed by atoms with van der Waals surface area (Å²) in [6, 6.07) is 4.53. The molecule has 0 spiro atoms. The number of urea groups is 1. The molecule has 2 rings (SSSR count). The van der Waals surface area contributed by atoms with Crippen molar-refractivity contribution < 1.29 is 22.7 Å². The molecule has 0 aliphatic rings. The van der Waals surface area contributed by atoms with Crippen LogP contribution in [0.2, 0.25) is 0 Å². The summed E-state index contributed by atoms with van der Waals surface area (Å²) in [5.41, 5.74) is 5.37. The van der Waals surface area contributed by atoms with Gasteiger partial charge in [-0.1, -0.05) is 0 Å². The number of alkyl halides is 3. The molecule has 0 fully saturated rings. The quantitative estimate of drug-likeness (QED) is 0.533. The van der Waals surface area contributed by atoms with Crippen molar-refractivity contribution in [3.05, 3.63) is 43.0 Å². The minimum absolute atomic E-state index is 0.336. The molecule has 0 aliphatic heterocycles. The Balaban J connectivity index is 1.64. The summed E-state index contributed by atoms with van der Waals surface area (Å²) < 4.78 is 41.7. The van der Waals surface area contributed by atoms with Crippen LogP contribution in [0.1, 0.15) is 6.42 Å². The number of aryl methyl sites for hydroxylation is 1. The first-order valence-corrected chi connectivity index (χ1v) is 7.04. The zero-order valence-electron chi connectivity index (χ0n) is 12.5. The van der Waals surface area contributed by atoms with Crippen molar-refractivity contribution in [2.45, 2.75) is 19.3 Å². The molecule has 7 nitrogen and oxygen atoms in total. The van der Waals surface area contributed by atoms with E-state index in [1.165, 1.54) is 12.1 Å². The maximum Gasteiger partial charge on any atom is 0.573 e. The topological polar surface area (TPSA) is 80.2 Å². The largest absolute Gasteiger partial charge is 0.573 e. The summed E-state index contributed by atoms with van der Waals surface area (Å²) in [4.78, 5) is 15.5. The number of nitrogens with one attached hydrogen (secondary N) is 3. The highest BCUT2D eigenvalue weighted by Crippen LogP contribution is 2.23. The maximum absolute atomic E-state index is 12.0. The predicted molar refractivity (Wildman–Crippen MR) is 80.1 cm³/mol. The number of imidazole rings is 1. The predicted octanol–water partition coefficient (Wildman–Crippen LogP) is 2.50. The number of benzene rings is 1. The maximum atomic E-state index is 12.0.